The molecule has 88 valence electrons. The number of benzene rings is 1. The summed E-state index contributed by atoms with van der Waals surface area (Å²) < 4.78 is 31.0. The van der Waals surface area contributed by atoms with Crippen LogP contribution in [0.1, 0.15) is 12.0 Å². The molecule has 1 aromatic carbocycles. The van der Waals surface area contributed by atoms with E-state index in [1.54, 1.807) is 0 Å². The van der Waals surface area contributed by atoms with Crippen molar-refractivity contribution in [2.24, 2.45) is 0 Å². The molecule has 6 heteroatoms. The largest absolute Gasteiger partial charge is 0.503 e. The van der Waals surface area contributed by atoms with Gasteiger partial charge in [-0.3, -0.25) is 4.79 Å². The standard InChI is InChI=1S/C10H10F2O4/c1-16-6-4-5(2-3-7(13)14)8(11)10(15)9(6)12/h4,15H,2-3H2,1H3,(H,13,14). The number of phenolic OH excluding ortho intramolecular Hbond substituents is 1. The van der Waals surface area contributed by atoms with Crippen LogP contribution >= 0.6 is 0 Å². The van der Waals surface area contributed by atoms with Crippen LogP contribution in [0.15, 0.2) is 6.07 Å². The SMILES string of the molecule is COc1cc(CCC(=O)O)c(F)c(O)c1F. The zero-order valence-corrected chi connectivity index (χ0v) is 8.46. The molecule has 0 aromatic heterocycles. The van der Waals surface area contributed by atoms with Crippen LogP contribution in [-0.4, -0.2) is 23.3 Å². The summed E-state index contributed by atoms with van der Waals surface area (Å²) in [5.41, 5.74) is -0.0989. The Morgan fingerprint density at radius 1 is 1.44 bits per heavy atom. The van der Waals surface area contributed by atoms with E-state index in [4.69, 9.17) is 10.2 Å². The van der Waals surface area contributed by atoms with Crippen molar-refractivity contribution >= 4 is 5.97 Å². The van der Waals surface area contributed by atoms with Gasteiger partial charge in [-0.1, -0.05) is 0 Å². The Balaban J connectivity index is 3.09. The van der Waals surface area contributed by atoms with Crippen LogP contribution in [0.2, 0.25) is 0 Å². The maximum Gasteiger partial charge on any atom is 0.303 e. The van der Waals surface area contributed by atoms with Crippen LogP contribution < -0.4 is 4.74 Å². The summed E-state index contributed by atoms with van der Waals surface area (Å²) in [6, 6.07) is 1.04. The van der Waals surface area contributed by atoms with E-state index in [9.17, 15) is 13.6 Å². The van der Waals surface area contributed by atoms with Crippen LogP contribution in [0.25, 0.3) is 0 Å². The fourth-order valence-corrected chi connectivity index (χ4v) is 1.22. The van der Waals surface area contributed by atoms with Crippen molar-refractivity contribution < 1.29 is 28.5 Å². The van der Waals surface area contributed by atoms with E-state index in [0.29, 0.717) is 0 Å². The summed E-state index contributed by atoms with van der Waals surface area (Å²) in [7, 11) is 1.16. The maximum absolute atomic E-state index is 13.3. The van der Waals surface area contributed by atoms with E-state index in [0.717, 1.165) is 13.2 Å². The summed E-state index contributed by atoms with van der Waals surface area (Å²) in [4.78, 5) is 10.3. The quantitative estimate of drug-likeness (QED) is 0.829. The molecule has 0 radical (unpaired) electrons. The van der Waals surface area contributed by atoms with E-state index < -0.39 is 23.4 Å². The number of hydrogen-bond donors (Lipinski definition) is 2. The first-order valence-corrected chi connectivity index (χ1v) is 4.43. The van der Waals surface area contributed by atoms with Gasteiger partial charge >= 0.3 is 5.97 Å². The average Bonchev–Trinajstić information content (AvgIpc) is 2.25. The first kappa shape index (κ1) is 12.2. The molecule has 0 atom stereocenters. The average molecular weight is 232 g/mol. The van der Waals surface area contributed by atoms with Gasteiger partial charge in [-0.2, -0.15) is 4.39 Å². The first-order chi connectivity index (χ1) is 7.47. The molecule has 0 unspecified atom stereocenters. The van der Waals surface area contributed by atoms with Crippen molar-refractivity contribution in [3.8, 4) is 11.5 Å². The van der Waals surface area contributed by atoms with E-state index in [2.05, 4.69) is 4.74 Å². The molecule has 0 heterocycles. The number of aliphatic carboxylic acids is 1. The molecule has 16 heavy (non-hydrogen) atoms. The number of phenols is 1. The molecule has 0 spiro atoms. The second-order valence-corrected chi connectivity index (χ2v) is 3.11. The van der Waals surface area contributed by atoms with Crippen molar-refractivity contribution in [3.63, 3.8) is 0 Å². The Hall–Kier alpha value is -1.85. The number of methoxy groups -OCH3 is 1. The lowest BCUT2D eigenvalue weighted by atomic mass is 10.1. The molecule has 0 aliphatic rings. The summed E-state index contributed by atoms with van der Waals surface area (Å²) in [5, 5.41) is 17.5. The van der Waals surface area contributed by atoms with Gasteiger partial charge in [0.05, 0.1) is 7.11 Å². The summed E-state index contributed by atoms with van der Waals surface area (Å²) in [5.74, 6) is -4.93. The molecule has 0 saturated heterocycles. The number of aromatic hydroxyl groups is 1. The predicted molar refractivity (Wildman–Crippen MR) is 50.5 cm³/mol. The summed E-state index contributed by atoms with van der Waals surface area (Å²) >= 11 is 0. The summed E-state index contributed by atoms with van der Waals surface area (Å²) in [6.07, 6.45) is -0.462. The summed E-state index contributed by atoms with van der Waals surface area (Å²) in [6.45, 7) is 0. The number of rotatable bonds is 4. The predicted octanol–water partition coefficient (Wildman–Crippen LogP) is 1.70. The fraction of sp³-hybridized carbons (Fsp3) is 0.300. The Bertz CT molecular complexity index is 418. The van der Waals surface area contributed by atoms with Crippen molar-refractivity contribution in [1.82, 2.24) is 0 Å². The van der Waals surface area contributed by atoms with Gasteiger partial charge in [0.1, 0.15) is 0 Å². The molecule has 0 aliphatic heterocycles. The van der Waals surface area contributed by atoms with Gasteiger partial charge in [-0.25, -0.2) is 4.39 Å². The van der Waals surface area contributed by atoms with Gasteiger partial charge in [-0.15, -0.1) is 0 Å². The van der Waals surface area contributed by atoms with Gasteiger partial charge in [0.15, 0.2) is 17.3 Å². The number of carboxylic acids is 1. The molecule has 1 rings (SSSR count). The first-order valence-electron chi connectivity index (χ1n) is 4.43. The highest BCUT2D eigenvalue weighted by Gasteiger charge is 2.18. The monoisotopic (exact) mass is 232 g/mol. The van der Waals surface area contributed by atoms with Crippen molar-refractivity contribution in [2.45, 2.75) is 12.8 Å². The fourth-order valence-electron chi connectivity index (χ4n) is 1.22. The molecule has 4 nitrogen and oxygen atoms in total. The maximum atomic E-state index is 13.3. The van der Waals surface area contributed by atoms with Crippen LogP contribution in [-0.2, 0) is 11.2 Å². The molecule has 2 N–H and O–H groups in total. The molecule has 0 amide bonds. The normalized spacial score (nSPS) is 10.2. The van der Waals surface area contributed by atoms with Gasteiger partial charge in [-0.05, 0) is 18.1 Å². The number of ether oxygens (including phenoxy) is 1. The minimum atomic E-state index is -1.20. The lowest BCUT2D eigenvalue weighted by Gasteiger charge is -2.08. The van der Waals surface area contributed by atoms with Gasteiger partial charge in [0, 0.05) is 6.42 Å². The molecule has 0 saturated carbocycles. The second-order valence-electron chi connectivity index (χ2n) is 3.11. The minimum absolute atomic E-state index is 0.0989. The number of hydrogen-bond acceptors (Lipinski definition) is 3. The highest BCUT2D eigenvalue weighted by Crippen LogP contribution is 2.31. The number of carbonyl (C=O) groups is 1. The Morgan fingerprint density at radius 3 is 2.56 bits per heavy atom. The third kappa shape index (κ3) is 2.39. The topological polar surface area (TPSA) is 66.8 Å². The van der Waals surface area contributed by atoms with E-state index in [1.807, 2.05) is 0 Å². The van der Waals surface area contributed by atoms with Gasteiger partial charge in [0.25, 0.3) is 0 Å². The van der Waals surface area contributed by atoms with Crippen LogP contribution in [0.5, 0.6) is 11.5 Å². The number of halogens is 2. The molecular weight excluding hydrogens is 222 g/mol. The molecule has 1 aromatic rings. The van der Waals surface area contributed by atoms with E-state index in [1.165, 1.54) is 0 Å². The Morgan fingerprint density at radius 2 is 2.06 bits per heavy atom. The zero-order valence-electron chi connectivity index (χ0n) is 8.46. The van der Waals surface area contributed by atoms with Gasteiger partial charge in [0.2, 0.25) is 5.82 Å². The minimum Gasteiger partial charge on any atom is -0.503 e. The highest BCUT2D eigenvalue weighted by molar-refractivity contribution is 5.67. The highest BCUT2D eigenvalue weighted by atomic mass is 19.1. The van der Waals surface area contributed by atoms with Crippen LogP contribution in [0, 0.1) is 11.6 Å². The van der Waals surface area contributed by atoms with Crippen molar-refractivity contribution in [1.29, 1.82) is 0 Å². The Labute approximate surface area is 90.1 Å². The lowest BCUT2D eigenvalue weighted by Crippen LogP contribution is -2.02. The molecular formula is C10H10F2O4. The van der Waals surface area contributed by atoms with E-state index >= 15 is 0 Å². The van der Waals surface area contributed by atoms with Crippen LogP contribution in [0.4, 0.5) is 8.78 Å². The van der Waals surface area contributed by atoms with Crippen LogP contribution in [0.3, 0.4) is 0 Å². The molecule has 0 aliphatic carbocycles. The van der Waals surface area contributed by atoms with Crippen molar-refractivity contribution in [3.05, 3.63) is 23.3 Å². The third-order valence-corrected chi connectivity index (χ3v) is 2.05. The second kappa shape index (κ2) is 4.78. The lowest BCUT2D eigenvalue weighted by molar-refractivity contribution is -0.136. The number of aryl methyl sites for hydroxylation is 1. The molecule has 0 bridgehead atoms. The third-order valence-electron chi connectivity index (χ3n) is 2.05. The zero-order chi connectivity index (χ0) is 12.3. The van der Waals surface area contributed by atoms with Crippen molar-refractivity contribution in [2.75, 3.05) is 7.11 Å². The Kier molecular flexibility index (Phi) is 3.65. The van der Waals surface area contributed by atoms with E-state index in [-0.39, 0.29) is 24.2 Å². The molecule has 0 fully saturated rings. The smallest absolute Gasteiger partial charge is 0.303 e. The number of carboxylic acid groups (broad SMARTS) is 1. The van der Waals surface area contributed by atoms with Gasteiger partial charge < -0.3 is 14.9 Å².